The van der Waals surface area contributed by atoms with E-state index in [0.717, 1.165) is 6.07 Å². The summed E-state index contributed by atoms with van der Waals surface area (Å²) in [5.41, 5.74) is 0.00449. The van der Waals surface area contributed by atoms with E-state index in [4.69, 9.17) is 0 Å². The maximum atomic E-state index is 14.4. The largest absolute Gasteiger partial charge is 0.480 e. The lowest BCUT2D eigenvalue weighted by Gasteiger charge is -2.35. The van der Waals surface area contributed by atoms with Gasteiger partial charge in [0.05, 0.1) is 12.0 Å². The molecule has 2 fully saturated rings. The van der Waals surface area contributed by atoms with Gasteiger partial charge in [-0.25, -0.2) is 8.78 Å². The van der Waals surface area contributed by atoms with Crippen LogP contribution in [0.4, 0.5) is 8.78 Å². The highest BCUT2D eigenvalue weighted by molar-refractivity contribution is 5.83. The van der Waals surface area contributed by atoms with Crippen molar-refractivity contribution < 1.29 is 28.6 Å². The fraction of sp³-hybridized carbons (Fsp3) is 0.579. The molecule has 0 saturated carbocycles. The summed E-state index contributed by atoms with van der Waals surface area (Å²) in [6.45, 7) is 1.02. The Kier molecular flexibility index (Phi) is 5.76. The van der Waals surface area contributed by atoms with Gasteiger partial charge in [-0.1, -0.05) is 12.1 Å². The number of halogens is 2. The minimum Gasteiger partial charge on any atom is -0.480 e. The van der Waals surface area contributed by atoms with Crippen LogP contribution in [0.25, 0.3) is 0 Å². The number of hydrogen-bond donors (Lipinski definition) is 2. The maximum absolute atomic E-state index is 14.4. The lowest BCUT2D eigenvalue weighted by atomic mass is 9.89. The average molecular weight is 382 g/mol. The minimum atomic E-state index is -1.09. The van der Waals surface area contributed by atoms with Crippen molar-refractivity contribution in [1.82, 2.24) is 9.80 Å². The van der Waals surface area contributed by atoms with E-state index in [2.05, 4.69) is 0 Å². The molecule has 2 saturated heterocycles. The number of likely N-dealkylation sites (tertiary alicyclic amines) is 2. The molecule has 2 heterocycles. The fourth-order valence-electron chi connectivity index (χ4n) is 4.28. The summed E-state index contributed by atoms with van der Waals surface area (Å²) in [5.74, 6) is -4.00. The van der Waals surface area contributed by atoms with E-state index in [1.54, 1.807) is 4.90 Å². The molecule has 8 heteroatoms. The van der Waals surface area contributed by atoms with Gasteiger partial charge in [0.25, 0.3) is 0 Å². The van der Waals surface area contributed by atoms with Crippen LogP contribution in [-0.2, 0) is 9.59 Å². The molecule has 148 valence electrons. The molecule has 1 aromatic rings. The SMILES string of the molecule is CN1[C@H](C(=O)O)C[C@H](C(=O)N2CCC(CO)CC2)[C@@H]1c1cccc(F)c1F. The Bertz CT molecular complexity index is 722. The quantitative estimate of drug-likeness (QED) is 0.828. The second kappa shape index (κ2) is 7.90. The van der Waals surface area contributed by atoms with Crippen LogP contribution in [0.5, 0.6) is 0 Å². The third kappa shape index (κ3) is 3.68. The Morgan fingerprint density at radius 2 is 1.89 bits per heavy atom. The van der Waals surface area contributed by atoms with Gasteiger partial charge in [0.1, 0.15) is 6.04 Å². The standard InChI is InChI=1S/C19H24F2N2O4/c1-22-15(19(26)27)9-13(17(22)12-3-2-4-14(20)16(12)21)18(25)23-7-5-11(10-24)6-8-23/h2-4,11,13,15,17,24H,5-10H2,1H3,(H,26,27)/t13-,15-,17-/m0/s1. The summed E-state index contributed by atoms with van der Waals surface area (Å²) >= 11 is 0. The second-order valence-corrected chi connectivity index (χ2v) is 7.40. The van der Waals surface area contributed by atoms with Crippen LogP contribution in [-0.4, -0.2) is 64.7 Å². The zero-order valence-corrected chi connectivity index (χ0v) is 15.1. The molecule has 1 aromatic carbocycles. The number of carbonyl (C=O) groups is 2. The second-order valence-electron chi connectivity index (χ2n) is 7.40. The molecule has 2 aliphatic heterocycles. The molecular formula is C19H24F2N2O4. The predicted octanol–water partition coefficient (Wildman–Crippen LogP) is 1.64. The zero-order valence-electron chi connectivity index (χ0n) is 15.1. The molecular weight excluding hydrogens is 358 g/mol. The molecule has 0 spiro atoms. The summed E-state index contributed by atoms with van der Waals surface area (Å²) < 4.78 is 28.2. The number of aliphatic hydroxyl groups is 1. The highest BCUT2D eigenvalue weighted by Gasteiger charge is 2.48. The van der Waals surface area contributed by atoms with Crippen molar-refractivity contribution in [3.05, 3.63) is 35.4 Å². The van der Waals surface area contributed by atoms with E-state index >= 15 is 0 Å². The van der Waals surface area contributed by atoms with Crippen LogP contribution < -0.4 is 0 Å². The molecule has 3 atom stereocenters. The summed E-state index contributed by atoms with van der Waals surface area (Å²) in [5, 5.41) is 18.7. The number of amides is 1. The number of aliphatic carboxylic acids is 1. The number of rotatable bonds is 4. The first-order valence-electron chi connectivity index (χ1n) is 9.13. The number of aliphatic hydroxyl groups excluding tert-OH is 1. The number of hydrogen-bond acceptors (Lipinski definition) is 4. The van der Waals surface area contributed by atoms with Crippen molar-refractivity contribution >= 4 is 11.9 Å². The van der Waals surface area contributed by atoms with Crippen LogP contribution in [0, 0.1) is 23.5 Å². The lowest BCUT2D eigenvalue weighted by molar-refractivity contribution is -0.142. The van der Waals surface area contributed by atoms with Crippen LogP contribution in [0.3, 0.4) is 0 Å². The van der Waals surface area contributed by atoms with Gasteiger partial charge in [0, 0.05) is 25.3 Å². The molecule has 0 aromatic heterocycles. The monoisotopic (exact) mass is 382 g/mol. The number of benzene rings is 1. The Morgan fingerprint density at radius 3 is 2.48 bits per heavy atom. The van der Waals surface area contributed by atoms with Crippen molar-refractivity contribution in [2.24, 2.45) is 11.8 Å². The predicted molar refractivity (Wildman–Crippen MR) is 92.8 cm³/mol. The number of piperidine rings is 1. The number of carboxylic acid groups (broad SMARTS) is 1. The van der Waals surface area contributed by atoms with Gasteiger partial charge < -0.3 is 15.1 Å². The van der Waals surface area contributed by atoms with Crippen LogP contribution in [0.1, 0.15) is 30.9 Å². The first-order chi connectivity index (χ1) is 12.8. The summed E-state index contributed by atoms with van der Waals surface area (Å²) in [6, 6.07) is 1.98. The van der Waals surface area contributed by atoms with Gasteiger partial charge in [-0.2, -0.15) is 0 Å². The molecule has 0 unspecified atom stereocenters. The molecule has 3 rings (SSSR count). The molecule has 0 aliphatic carbocycles. The van der Waals surface area contributed by atoms with E-state index in [9.17, 15) is 28.6 Å². The van der Waals surface area contributed by atoms with Gasteiger partial charge >= 0.3 is 5.97 Å². The Morgan fingerprint density at radius 1 is 1.22 bits per heavy atom. The maximum Gasteiger partial charge on any atom is 0.320 e. The number of carboxylic acids is 1. The van der Waals surface area contributed by atoms with Gasteiger partial charge in [-0.3, -0.25) is 14.5 Å². The van der Waals surface area contributed by atoms with Gasteiger partial charge in [-0.05, 0) is 38.3 Å². The molecule has 1 amide bonds. The van der Waals surface area contributed by atoms with Crippen molar-refractivity contribution in [3.8, 4) is 0 Å². The first-order valence-corrected chi connectivity index (χ1v) is 9.13. The van der Waals surface area contributed by atoms with Crippen LogP contribution in [0.2, 0.25) is 0 Å². The lowest BCUT2D eigenvalue weighted by Crippen LogP contribution is -2.43. The van der Waals surface area contributed by atoms with Crippen molar-refractivity contribution in [2.45, 2.75) is 31.3 Å². The minimum absolute atomic E-state index is 0.00449. The molecule has 0 bridgehead atoms. The van der Waals surface area contributed by atoms with Gasteiger partial charge in [0.2, 0.25) is 5.91 Å². The van der Waals surface area contributed by atoms with Crippen LogP contribution in [0.15, 0.2) is 18.2 Å². The topological polar surface area (TPSA) is 81.1 Å². The highest BCUT2D eigenvalue weighted by atomic mass is 19.2. The van der Waals surface area contributed by atoms with E-state index in [-0.39, 0.29) is 30.4 Å². The van der Waals surface area contributed by atoms with E-state index in [0.29, 0.717) is 25.9 Å². The summed E-state index contributed by atoms with van der Waals surface area (Å²) in [4.78, 5) is 27.8. The van der Waals surface area contributed by atoms with Crippen LogP contribution >= 0.6 is 0 Å². The highest BCUT2D eigenvalue weighted by Crippen LogP contribution is 2.42. The third-order valence-electron chi connectivity index (χ3n) is 5.88. The van der Waals surface area contributed by atoms with Gasteiger partial charge in [-0.15, -0.1) is 0 Å². The molecule has 6 nitrogen and oxygen atoms in total. The van der Waals surface area contributed by atoms with Crippen molar-refractivity contribution in [2.75, 3.05) is 26.7 Å². The average Bonchev–Trinajstić information content (AvgIpc) is 3.01. The normalized spacial score (nSPS) is 27.1. The summed E-state index contributed by atoms with van der Waals surface area (Å²) in [7, 11) is 1.53. The van der Waals surface area contributed by atoms with E-state index in [1.807, 2.05) is 0 Å². The molecule has 0 radical (unpaired) electrons. The summed E-state index contributed by atoms with van der Waals surface area (Å²) in [6.07, 6.45) is 1.39. The smallest absolute Gasteiger partial charge is 0.320 e. The Labute approximate surface area is 156 Å². The molecule has 27 heavy (non-hydrogen) atoms. The number of nitrogens with zero attached hydrogens (tertiary/aromatic N) is 2. The van der Waals surface area contributed by atoms with Gasteiger partial charge in [0.15, 0.2) is 11.6 Å². The number of carbonyl (C=O) groups excluding carboxylic acids is 1. The Balaban J connectivity index is 1.90. The first kappa shape index (κ1) is 19.7. The van der Waals surface area contributed by atoms with Crippen molar-refractivity contribution in [1.29, 1.82) is 0 Å². The zero-order chi connectivity index (χ0) is 19.7. The molecule has 2 N–H and O–H groups in total. The third-order valence-corrected chi connectivity index (χ3v) is 5.88. The fourth-order valence-corrected chi connectivity index (χ4v) is 4.28. The van der Waals surface area contributed by atoms with Crippen molar-refractivity contribution in [3.63, 3.8) is 0 Å². The number of likely N-dealkylation sites (N-methyl/N-ethyl adjacent to an activating group) is 1. The molecule has 2 aliphatic rings. The van der Waals surface area contributed by atoms with E-state index < -0.39 is 35.6 Å². The van der Waals surface area contributed by atoms with E-state index in [1.165, 1.54) is 24.1 Å². The Hall–Kier alpha value is -2.06.